The summed E-state index contributed by atoms with van der Waals surface area (Å²) in [5.41, 5.74) is 1.98. The smallest absolute Gasteiger partial charge is 0.244 e. The third-order valence-electron chi connectivity index (χ3n) is 4.62. The van der Waals surface area contributed by atoms with Crippen LogP contribution >= 0.6 is 11.6 Å². The summed E-state index contributed by atoms with van der Waals surface area (Å²) in [5.74, 6) is -0.857. The van der Waals surface area contributed by atoms with Crippen molar-refractivity contribution in [2.75, 3.05) is 24.2 Å². The average molecular weight is 452 g/mol. The molecule has 1 atom stereocenters. The number of nitrogens with one attached hydrogen (secondary N) is 1. The number of anilines is 1. The highest BCUT2D eigenvalue weighted by molar-refractivity contribution is 7.92. The lowest BCUT2D eigenvalue weighted by Gasteiger charge is -2.31. The van der Waals surface area contributed by atoms with Gasteiger partial charge in [-0.2, -0.15) is 0 Å². The summed E-state index contributed by atoms with van der Waals surface area (Å²) in [6.45, 7) is 3.12. The molecule has 0 radical (unpaired) electrons. The van der Waals surface area contributed by atoms with Crippen LogP contribution in [-0.2, 0) is 26.2 Å². The van der Waals surface area contributed by atoms with Gasteiger partial charge >= 0.3 is 0 Å². The predicted octanol–water partition coefficient (Wildman–Crippen LogP) is 2.58. The van der Waals surface area contributed by atoms with Crippen molar-refractivity contribution < 1.29 is 18.0 Å². The van der Waals surface area contributed by atoms with Crippen LogP contribution in [0, 0.1) is 6.92 Å². The van der Waals surface area contributed by atoms with E-state index in [0.717, 1.165) is 21.7 Å². The standard InChI is InChI=1S/C21H26ClN3O4S/c1-15-7-5-10-19(11-15)25(30(4,28)29)14-20(26)24(16(2)21(27)23-3)13-17-8-6-9-18(22)12-17/h5-12,16H,13-14H2,1-4H3,(H,23,27)/t16-/m0/s1. The van der Waals surface area contributed by atoms with E-state index in [1.807, 2.05) is 13.0 Å². The summed E-state index contributed by atoms with van der Waals surface area (Å²) < 4.78 is 25.9. The molecule has 0 aliphatic rings. The van der Waals surface area contributed by atoms with E-state index in [0.29, 0.717) is 10.7 Å². The molecular formula is C21H26ClN3O4S. The van der Waals surface area contributed by atoms with E-state index in [4.69, 9.17) is 11.6 Å². The highest BCUT2D eigenvalue weighted by atomic mass is 35.5. The van der Waals surface area contributed by atoms with E-state index in [-0.39, 0.29) is 12.5 Å². The third-order valence-corrected chi connectivity index (χ3v) is 6.00. The number of likely N-dealkylation sites (N-methyl/N-ethyl adjacent to an activating group) is 1. The molecule has 0 aliphatic heterocycles. The molecule has 0 spiro atoms. The lowest BCUT2D eigenvalue weighted by atomic mass is 10.1. The van der Waals surface area contributed by atoms with Crippen LogP contribution in [0.15, 0.2) is 48.5 Å². The van der Waals surface area contributed by atoms with E-state index in [1.54, 1.807) is 49.4 Å². The van der Waals surface area contributed by atoms with Crippen molar-refractivity contribution in [2.24, 2.45) is 0 Å². The fourth-order valence-electron chi connectivity index (χ4n) is 3.02. The van der Waals surface area contributed by atoms with Crippen LogP contribution in [-0.4, -0.2) is 51.0 Å². The summed E-state index contributed by atoms with van der Waals surface area (Å²) in [6.07, 6.45) is 1.05. The van der Waals surface area contributed by atoms with Gasteiger partial charge in [-0.25, -0.2) is 8.42 Å². The van der Waals surface area contributed by atoms with Crippen LogP contribution in [0.5, 0.6) is 0 Å². The van der Waals surface area contributed by atoms with Crippen molar-refractivity contribution in [2.45, 2.75) is 26.4 Å². The van der Waals surface area contributed by atoms with Crippen molar-refractivity contribution in [3.63, 3.8) is 0 Å². The Labute approximate surface area is 182 Å². The third kappa shape index (κ3) is 6.21. The summed E-state index contributed by atoms with van der Waals surface area (Å²) in [7, 11) is -2.25. The predicted molar refractivity (Wildman–Crippen MR) is 119 cm³/mol. The molecule has 9 heteroatoms. The quantitative estimate of drug-likeness (QED) is 0.668. The number of amides is 2. The first-order valence-corrected chi connectivity index (χ1v) is 11.6. The molecule has 7 nitrogen and oxygen atoms in total. The maximum Gasteiger partial charge on any atom is 0.244 e. The first kappa shape index (κ1) is 23.7. The number of rotatable bonds is 8. The van der Waals surface area contributed by atoms with Crippen LogP contribution in [0.4, 0.5) is 5.69 Å². The largest absolute Gasteiger partial charge is 0.357 e. The van der Waals surface area contributed by atoms with Crippen molar-refractivity contribution in [3.8, 4) is 0 Å². The summed E-state index contributed by atoms with van der Waals surface area (Å²) >= 11 is 6.05. The molecular weight excluding hydrogens is 426 g/mol. The van der Waals surface area contributed by atoms with Crippen molar-refractivity contribution in [3.05, 3.63) is 64.7 Å². The number of hydrogen-bond donors (Lipinski definition) is 1. The Bertz CT molecular complexity index is 1030. The molecule has 0 heterocycles. The molecule has 2 amide bonds. The topological polar surface area (TPSA) is 86.8 Å². The maximum atomic E-state index is 13.2. The second kappa shape index (κ2) is 9.95. The normalized spacial score (nSPS) is 12.2. The van der Waals surface area contributed by atoms with E-state index < -0.39 is 28.5 Å². The number of hydrogen-bond acceptors (Lipinski definition) is 4. The molecule has 0 bridgehead atoms. The maximum absolute atomic E-state index is 13.2. The summed E-state index contributed by atoms with van der Waals surface area (Å²) in [4.78, 5) is 26.8. The van der Waals surface area contributed by atoms with Crippen LogP contribution < -0.4 is 9.62 Å². The first-order chi connectivity index (χ1) is 14.0. The highest BCUT2D eigenvalue weighted by Gasteiger charge is 2.29. The van der Waals surface area contributed by atoms with Gasteiger partial charge in [0.1, 0.15) is 12.6 Å². The van der Waals surface area contributed by atoms with Crippen LogP contribution in [0.3, 0.4) is 0 Å². The van der Waals surface area contributed by atoms with Crippen LogP contribution in [0.2, 0.25) is 5.02 Å². The Morgan fingerprint density at radius 1 is 1.13 bits per heavy atom. The minimum Gasteiger partial charge on any atom is -0.357 e. The molecule has 162 valence electrons. The molecule has 2 aromatic carbocycles. The number of halogens is 1. The van der Waals surface area contributed by atoms with Gasteiger partial charge in [-0.05, 0) is 49.2 Å². The number of benzene rings is 2. The Balaban J connectivity index is 2.38. The highest BCUT2D eigenvalue weighted by Crippen LogP contribution is 2.20. The number of carbonyl (C=O) groups excluding carboxylic acids is 2. The van der Waals surface area contributed by atoms with Gasteiger partial charge in [0.15, 0.2) is 0 Å². The number of aryl methyl sites for hydroxylation is 1. The van der Waals surface area contributed by atoms with Gasteiger partial charge in [0, 0.05) is 18.6 Å². The summed E-state index contributed by atoms with van der Waals surface area (Å²) in [6, 6.07) is 13.0. The van der Waals surface area contributed by atoms with Gasteiger partial charge in [0.25, 0.3) is 0 Å². The number of nitrogens with zero attached hydrogens (tertiary/aromatic N) is 2. The SMILES string of the molecule is CNC(=O)[C@H](C)N(Cc1cccc(Cl)c1)C(=O)CN(c1cccc(C)c1)S(C)(=O)=O. The van der Waals surface area contributed by atoms with Gasteiger partial charge < -0.3 is 10.2 Å². The zero-order valence-electron chi connectivity index (χ0n) is 17.4. The molecule has 0 aromatic heterocycles. The minimum atomic E-state index is -3.73. The Morgan fingerprint density at radius 2 is 1.80 bits per heavy atom. The Kier molecular flexibility index (Phi) is 7.86. The van der Waals surface area contributed by atoms with Gasteiger partial charge in [-0.3, -0.25) is 13.9 Å². The number of sulfonamides is 1. The fraction of sp³-hybridized carbons (Fsp3) is 0.333. The first-order valence-electron chi connectivity index (χ1n) is 9.33. The Morgan fingerprint density at radius 3 is 2.37 bits per heavy atom. The zero-order valence-corrected chi connectivity index (χ0v) is 19.0. The monoisotopic (exact) mass is 451 g/mol. The summed E-state index contributed by atoms with van der Waals surface area (Å²) in [5, 5.41) is 3.03. The van der Waals surface area contributed by atoms with Crippen LogP contribution in [0.25, 0.3) is 0 Å². The van der Waals surface area contributed by atoms with Crippen molar-refractivity contribution in [1.82, 2.24) is 10.2 Å². The van der Waals surface area contributed by atoms with Crippen LogP contribution in [0.1, 0.15) is 18.1 Å². The molecule has 2 rings (SSSR count). The molecule has 0 saturated heterocycles. The lowest BCUT2D eigenvalue weighted by molar-refractivity contribution is -0.139. The van der Waals surface area contributed by atoms with Gasteiger partial charge in [-0.1, -0.05) is 35.9 Å². The molecule has 30 heavy (non-hydrogen) atoms. The fourth-order valence-corrected chi connectivity index (χ4v) is 4.07. The van der Waals surface area contributed by atoms with Crippen molar-refractivity contribution in [1.29, 1.82) is 0 Å². The van der Waals surface area contributed by atoms with E-state index in [9.17, 15) is 18.0 Å². The molecule has 0 aliphatic carbocycles. The lowest BCUT2D eigenvalue weighted by Crippen LogP contribution is -2.50. The van der Waals surface area contributed by atoms with Crippen molar-refractivity contribution >= 4 is 39.1 Å². The average Bonchev–Trinajstić information content (AvgIpc) is 2.68. The molecule has 0 unspecified atom stereocenters. The zero-order chi connectivity index (χ0) is 22.5. The van der Waals surface area contributed by atoms with Gasteiger partial charge in [0.05, 0.1) is 11.9 Å². The number of carbonyl (C=O) groups is 2. The molecule has 1 N–H and O–H groups in total. The van der Waals surface area contributed by atoms with E-state index in [1.165, 1.54) is 11.9 Å². The van der Waals surface area contributed by atoms with Gasteiger partial charge in [0.2, 0.25) is 21.8 Å². The Hall–Kier alpha value is -2.58. The molecule has 2 aromatic rings. The van der Waals surface area contributed by atoms with Gasteiger partial charge in [-0.15, -0.1) is 0 Å². The van der Waals surface area contributed by atoms with E-state index in [2.05, 4.69) is 5.32 Å². The second-order valence-corrected chi connectivity index (χ2v) is 9.39. The molecule has 0 saturated carbocycles. The second-order valence-electron chi connectivity index (χ2n) is 7.05. The molecule has 0 fully saturated rings. The van der Waals surface area contributed by atoms with E-state index >= 15 is 0 Å². The minimum absolute atomic E-state index is 0.111.